The minimum absolute atomic E-state index is 0.0184. The van der Waals surface area contributed by atoms with Crippen molar-refractivity contribution in [2.75, 3.05) is 29.2 Å². The second-order valence-corrected chi connectivity index (χ2v) is 11.0. The molecule has 0 spiro atoms. The van der Waals surface area contributed by atoms with Crippen LogP contribution in [0.2, 0.25) is 0 Å². The number of benzene rings is 2. The molecule has 2 amide bonds. The minimum Gasteiger partial charge on any atom is -0.341 e. The molecule has 33 heavy (non-hydrogen) atoms. The standard InChI is InChI=1S/C23H22FN3O4S2/c1-26(19-11-12-33(30,31)15-19)21(28)14-32-23-25-20(13-16-5-3-2-4-6-16)22(29)27(23)18-9-7-17(24)8-10-18/h2-10,13,19H,11-12,14-15H2,1H3/b20-13+/t19-/m1/s1. The molecule has 2 aliphatic rings. The molecular weight excluding hydrogens is 465 g/mol. The lowest BCUT2D eigenvalue weighted by atomic mass is 10.2. The van der Waals surface area contributed by atoms with Gasteiger partial charge < -0.3 is 4.90 Å². The molecule has 7 nitrogen and oxygen atoms in total. The van der Waals surface area contributed by atoms with Crippen LogP contribution in [0.5, 0.6) is 0 Å². The van der Waals surface area contributed by atoms with Gasteiger partial charge in [-0.15, -0.1) is 0 Å². The van der Waals surface area contributed by atoms with Gasteiger partial charge in [-0.2, -0.15) is 0 Å². The predicted molar refractivity (Wildman–Crippen MR) is 128 cm³/mol. The Morgan fingerprint density at radius 1 is 1.21 bits per heavy atom. The SMILES string of the molecule is CN(C(=O)CSC1=N/C(=C/c2ccccc2)C(=O)N1c1ccc(F)cc1)[C@@H]1CCS(=O)(=O)C1. The van der Waals surface area contributed by atoms with Crippen molar-refractivity contribution in [2.24, 2.45) is 4.99 Å². The first kappa shape index (κ1) is 23.2. The maximum Gasteiger partial charge on any atom is 0.283 e. The fourth-order valence-corrected chi connectivity index (χ4v) is 6.34. The van der Waals surface area contributed by atoms with E-state index in [-0.39, 0.29) is 40.8 Å². The van der Waals surface area contributed by atoms with Gasteiger partial charge in [0.25, 0.3) is 5.91 Å². The molecule has 1 saturated heterocycles. The second kappa shape index (κ2) is 9.48. The first-order chi connectivity index (χ1) is 15.7. The number of hydrogen-bond donors (Lipinski definition) is 0. The maximum absolute atomic E-state index is 13.4. The number of amidine groups is 1. The molecule has 4 rings (SSSR count). The Morgan fingerprint density at radius 3 is 2.55 bits per heavy atom. The highest BCUT2D eigenvalue weighted by Crippen LogP contribution is 2.30. The number of amides is 2. The summed E-state index contributed by atoms with van der Waals surface area (Å²) in [5.74, 6) is -1.04. The number of hydrogen-bond acceptors (Lipinski definition) is 6. The molecule has 1 fully saturated rings. The van der Waals surface area contributed by atoms with E-state index in [0.717, 1.165) is 17.3 Å². The van der Waals surface area contributed by atoms with Gasteiger partial charge >= 0.3 is 0 Å². The highest BCUT2D eigenvalue weighted by Gasteiger charge is 2.35. The molecule has 0 aliphatic carbocycles. The van der Waals surface area contributed by atoms with Crippen molar-refractivity contribution in [3.63, 3.8) is 0 Å². The number of thioether (sulfide) groups is 1. The van der Waals surface area contributed by atoms with Gasteiger partial charge in [0.05, 0.1) is 22.9 Å². The van der Waals surface area contributed by atoms with Gasteiger partial charge in [-0.1, -0.05) is 42.1 Å². The zero-order valence-electron chi connectivity index (χ0n) is 17.8. The highest BCUT2D eigenvalue weighted by molar-refractivity contribution is 8.14. The van der Waals surface area contributed by atoms with Crippen LogP contribution in [0.15, 0.2) is 65.3 Å². The van der Waals surface area contributed by atoms with Gasteiger partial charge in [0.2, 0.25) is 5.91 Å². The molecule has 2 aromatic rings. The Labute approximate surface area is 195 Å². The lowest BCUT2D eigenvalue weighted by molar-refractivity contribution is -0.128. The largest absolute Gasteiger partial charge is 0.341 e. The summed E-state index contributed by atoms with van der Waals surface area (Å²) in [7, 11) is -1.52. The molecule has 0 aromatic heterocycles. The third kappa shape index (κ3) is 5.33. The summed E-state index contributed by atoms with van der Waals surface area (Å²) >= 11 is 1.08. The Balaban J connectivity index is 1.55. The first-order valence-corrected chi connectivity index (χ1v) is 13.1. The first-order valence-electron chi connectivity index (χ1n) is 10.3. The van der Waals surface area contributed by atoms with E-state index in [0.29, 0.717) is 17.3 Å². The van der Waals surface area contributed by atoms with Crippen LogP contribution in [0, 0.1) is 5.82 Å². The van der Waals surface area contributed by atoms with Crippen LogP contribution in [0.1, 0.15) is 12.0 Å². The maximum atomic E-state index is 13.4. The van der Waals surface area contributed by atoms with Crippen molar-refractivity contribution < 1.29 is 22.4 Å². The molecule has 0 saturated carbocycles. The summed E-state index contributed by atoms with van der Waals surface area (Å²) in [6.07, 6.45) is 2.07. The molecule has 0 unspecified atom stereocenters. The lowest BCUT2D eigenvalue weighted by Crippen LogP contribution is -2.39. The molecule has 172 valence electrons. The zero-order valence-corrected chi connectivity index (χ0v) is 19.5. The normalized spacial score (nSPS) is 20.8. The Morgan fingerprint density at radius 2 is 1.91 bits per heavy atom. The van der Waals surface area contributed by atoms with Crippen LogP contribution in [0.3, 0.4) is 0 Å². The topological polar surface area (TPSA) is 87.1 Å². The van der Waals surface area contributed by atoms with E-state index in [1.807, 2.05) is 30.3 Å². The van der Waals surface area contributed by atoms with Gasteiger partial charge in [-0.05, 0) is 42.3 Å². The zero-order chi connectivity index (χ0) is 23.6. The number of aliphatic imine (C=N–C) groups is 1. The number of carbonyl (C=O) groups is 2. The fraction of sp³-hybridized carbons (Fsp3) is 0.261. The van der Waals surface area contributed by atoms with Gasteiger partial charge in [-0.25, -0.2) is 17.8 Å². The summed E-state index contributed by atoms with van der Waals surface area (Å²) in [4.78, 5) is 33.1. The van der Waals surface area contributed by atoms with E-state index in [9.17, 15) is 22.4 Å². The van der Waals surface area contributed by atoms with Crippen molar-refractivity contribution in [1.82, 2.24) is 4.90 Å². The number of halogens is 1. The van der Waals surface area contributed by atoms with Crippen LogP contribution in [0.4, 0.5) is 10.1 Å². The number of anilines is 1. The molecular formula is C23H22FN3O4S2. The molecule has 2 heterocycles. The molecule has 1 atom stereocenters. The van der Waals surface area contributed by atoms with Crippen LogP contribution < -0.4 is 4.90 Å². The third-order valence-electron chi connectivity index (χ3n) is 5.49. The minimum atomic E-state index is -3.11. The second-order valence-electron chi connectivity index (χ2n) is 7.80. The van der Waals surface area contributed by atoms with Crippen molar-refractivity contribution >= 4 is 50.3 Å². The van der Waals surface area contributed by atoms with Gasteiger partial charge in [0.1, 0.15) is 11.5 Å². The molecule has 0 radical (unpaired) electrons. The summed E-state index contributed by atoms with van der Waals surface area (Å²) in [6, 6.07) is 14.4. The Kier molecular flexibility index (Phi) is 6.66. The fourth-order valence-electron chi connectivity index (χ4n) is 3.63. The van der Waals surface area contributed by atoms with E-state index in [1.54, 1.807) is 13.1 Å². The van der Waals surface area contributed by atoms with Crippen molar-refractivity contribution in [2.45, 2.75) is 12.5 Å². The molecule has 10 heteroatoms. The summed E-state index contributed by atoms with van der Waals surface area (Å²) in [5, 5.41) is 0.301. The summed E-state index contributed by atoms with van der Waals surface area (Å²) < 4.78 is 36.9. The van der Waals surface area contributed by atoms with Gasteiger partial charge in [-0.3, -0.25) is 14.5 Å². The molecule has 2 aromatic carbocycles. The average Bonchev–Trinajstić information content (AvgIpc) is 3.31. The van der Waals surface area contributed by atoms with Crippen molar-refractivity contribution in [1.29, 1.82) is 0 Å². The number of sulfone groups is 1. The van der Waals surface area contributed by atoms with E-state index < -0.39 is 15.7 Å². The van der Waals surface area contributed by atoms with Crippen molar-refractivity contribution in [3.8, 4) is 0 Å². The van der Waals surface area contributed by atoms with Crippen LogP contribution in [-0.4, -0.2) is 60.6 Å². The van der Waals surface area contributed by atoms with Crippen LogP contribution in [0.25, 0.3) is 6.08 Å². The smallest absolute Gasteiger partial charge is 0.283 e. The van der Waals surface area contributed by atoms with Gasteiger partial charge in [0.15, 0.2) is 15.0 Å². The molecule has 2 aliphatic heterocycles. The van der Waals surface area contributed by atoms with Crippen molar-refractivity contribution in [3.05, 3.63) is 71.7 Å². The Hall–Kier alpha value is -2.98. The predicted octanol–water partition coefficient (Wildman–Crippen LogP) is 2.95. The quantitative estimate of drug-likeness (QED) is 0.606. The number of nitrogens with zero attached hydrogens (tertiary/aromatic N) is 3. The van der Waals surface area contributed by atoms with Crippen LogP contribution in [-0.2, 0) is 19.4 Å². The Bertz CT molecular complexity index is 1230. The van der Waals surface area contributed by atoms with E-state index >= 15 is 0 Å². The lowest BCUT2D eigenvalue weighted by Gasteiger charge is -2.24. The van der Waals surface area contributed by atoms with E-state index in [2.05, 4.69) is 4.99 Å². The van der Waals surface area contributed by atoms with Gasteiger partial charge in [0, 0.05) is 13.1 Å². The van der Waals surface area contributed by atoms with E-state index in [1.165, 1.54) is 34.1 Å². The van der Waals surface area contributed by atoms with E-state index in [4.69, 9.17) is 0 Å². The molecule has 0 bridgehead atoms. The number of carbonyl (C=O) groups excluding carboxylic acids is 2. The monoisotopic (exact) mass is 487 g/mol. The third-order valence-corrected chi connectivity index (χ3v) is 8.17. The highest BCUT2D eigenvalue weighted by atomic mass is 32.2. The van der Waals surface area contributed by atoms with Crippen LogP contribution >= 0.6 is 11.8 Å². The summed E-state index contributed by atoms with van der Waals surface area (Å²) in [6.45, 7) is 0. The molecule has 0 N–H and O–H groups in total. The summed E-state index contributed by atoms with van der Waals surface area (Å²) in [5.41, 5.74) is 1.44. The number of rotatable bonds is 5. The average molecular weight is 488 g/mol.